The normalized spacial score (nSPS) is 24.8. The van der Waals surface area contributed by atoms with Crippen molar-refractivity contribution in [3.8, 4) is 0 Å². The van der Waals surface area contributed by atoms with Gasteiger partial charge in [0.25, 0.3) is 0 Å². The minimum Gasteiger partial charge on any atom is -0.381 e. The van der Waals surface area contributed by atoms with Crippen LogP contribution >= 0.6 is 11.3 Å². The smallest absolute Gasteiger partial charge is 0.194 e. The second-order valence-corrected chi connectivity index (χ2v) is 6.43. The Morgan fingerprint density at radius 3 is 3.10 bits per heavy atom. The third-order valence-electron chi connectivity index (χ3n) is 3.71. The van der Waals surface area contributed by atoms with Gasteiger partial charge in [0, 0.05) is 19.3 Å². The standard InChI is InChI=1S/C14H22N2O3S/c1-2-17-10-11-3-4-16(8-11)9-13-15-7-12(20-13)14-18-5-6-19-14/h7,11,14H,2-6,8-10H2,1H3/t11-/m1/s1. The van der Waals surface area contributed by atoms with Gasteiger partial charge in [0.1, 0.15) is 5.01 Å². The van der Waals surface area contributed by atoms with E-state index < -0.39 is 0 Å². The molecule has 1 aromatic heterocycles. The van der Waals surface area contributed by atoms with Crippen LogP contribution in [-0.4, -0.2) is 49.4 Å². The summed E-state index contributed by atoms with van der Waals surface area (Å²) in [6.45, 7) is 8.31. The molecule has 0 N–H and O–H groups in total. The van der Waals surface area contributed by atoms with Gasteiger partial charge in [-0.05, 0) is 25.8 Å². The van der Waals surface area contributed by atoms with Crippen LogP contribution in [0.4, 0.5) is 0 Å². The number of aromatic nitrogens is 1. The van der Waals surface area contributed by atoms with E-state index in [-0.39, 0.29) is 6.29 Å². The van der Waals surface area contributed by atoms with Crippen LogP contribution in [0.25, 0.3) is 0 Å². The Bertz CT molecular complexity index is 420. The topological polar surface area (TPSA) is 43.8 Å². The van der Waals surface area contributed by atoms with Crippen molar-refractivity contribution in [1.82, 2.24) is 9.88 Å². The van der Waals surface area contributed by atoms with Crippen LogP contribution in [0, 0.1) is 5.92 Å². The summed E-state index contributed by atoms with van der Waals surface area (Å²) < 4.78 is 16.5. The van der Waals surface area contributed by atoms with Gasteiger partial charge in [0.15, 0.2) is 6.29 Å². The Morgan fingerprint density at radius 2 is 2.30 bits per heavy atom. The van der Waals surface area contributed by atoms with Gasteiger partial charge in [-0.15, -0.1) is 11.3 Å². The molecular formula is C14H22N2O3S. The number of hydrogen-bond donors (Lipinski definition) is 0. The molecule has 0 aromatic carbocycles. The minimum absolute atomic E-state index is 0.189. The fourth-order valence-electron chi connectivity index (χ4n) is 2.70. The van der Waals surface area contributed by atoms with Gasteiger partial charge in [-0.3, -0.25) is 4.90 Å². The van der Waals surface area contributed by atoms with E-state index in [9.17, 15) is 0 Å². The van der Waals surface area contributed by atoms with Crippen molar-refractivity contribution >= 4 is 11.3 Å². The fraction of sp³-hybridized carbons (Fsp3) is 0.786. The second kappa shape index (κ2) is 6.95. The van der Waals surface area contributed by atoms with E-state index in [1.165, 1.54) is 6.42 Å². The lowest BCUT2D eigenvalue weighted by atomic mass is 10.1. The molecule has 5 nitrogen and oxygen atoms in total. The molecule has 0 aliphatic carbocycles. The van der Waals surface area contributed by atoms with Crippen molar-refractivity contribution in [1.29, 1.82) is 0 Å². The third kappa shape index (κ3) is 3.56. The Morgan fingerprint density at radius 1 is 1.45 bits per heavy atom. The lowest BCUT2D eigenvalue weighted by Gasteiger charge is -2.14. The van der Waals surface area contributed by atoms with Crippen molar-refractivity contribution in [2.75, 3.05) is 39.5 Å². The van der Waals surface area contributed by atoms with Crippen molar-refractivity contribution < 1.29 is 14.2 Å². The van der Waals surface area contributed by atoms with Gasteiger partial charge in [-0.1, -0.05) is 0 Å². The van der Waals surface area contributed by atoms with Crippen LogP contribution in [0.1, 0.15) is 29.5 Å². The van der Waals surface area contributed by atoms with E-state index in [1.54, 1.807) is 11.3 Å². The molecule has 6 heteroatoms. The van der Waals surface area contributed by atoms with E-state index in [0.717, 1.165) is 42.7 Å². The first-order valence-electron chi connectivity index (χ1n) is 7.33. The third-order valence-corrected chi connectivity index (χ3v) is 4.72. The first kappa shape index (κ1) is 14.4. The van der Waals surface area contributed by atoms with E-state index in [4.69, 9.17) is 14.2 Å². The summed E-state index contributed by atoms with van der Waals surface area (Å²) in [6, 6.07) is 0. The number of rotatable bonds is 6. The molecule has 0 radical (unpaired) electrons. The molecular weight excluding hydrogens is 276 g/mol. The summed E-state index contributed by atoms with van der Waals surface area (Å²) in [5, 5.41) is 1.15. The van der Waals surface area contributed by atoms with Crippen molar-refractivity contribution in [2.24, 2.45) is 5.92 Å². The van der Waals surface area contributed by atoms with Crippen LogP contribution in [0.3, 0.4) is 0 Å². The Hall–Kier alpha value is -0.530. The average molecular weight is 298 g/mol. The molecule has 2 aliphatic rings. The predicted molar refractivity (Wildman–Crippen MR) is 76.6 cm³/mol. The molecule has 2 saturated heterocycles. The number of thiazole rings is 1. The maximum atomic E-state index is 5.51. The summed E-state index contributed by atoms with van der Waals surface area (Å²) in [4.78, 5) is 8.04. The Kier molecular flexibility index (Phi) is 5.01. The molecule has 3 heterocycles. The van der Waals surface area contributed by atoms with Crippen LogP contribution in [0.2, 0.25) is 0 Å². The highest BCUT2D eigenvalue weighted by atomic mass is 32.1. The summed E-state index contributed by atoms with van der Waals surface area (Å²) in [7, 11) is 0. The van der Waals surface area contributed by atoms with Gasteiger partial charge >= 0.3 is 0 Å². The highest BCUT2D eigenvalue weighted by Gasteiger charge is 2.25. The van der Waals surface area contributed by atoms with Crippen molar-refractivity contribution in [2.45, 2.75) is 26.2 Å². The van der Waals surface area contributed by atoms with Gasteiger partial charge < -0.3 is 14.2 Å². The molecule has 1 atom stereocenters. The maximum Gasteiger partial charge on any atom is 0.194 e. The summed E-state index contributed by atoms with van der Waals surface area (Å²) >= 11 is 1.70. The molecule has 0 amide bonds. The quantitative estimate of drug-likeness (QED) is 0.804. The molecule has 0 unspecified atom stereocenters. The van der Waals surface area contributed by atoms with Crippen LogP contribution in [0.5, 0.6) is 0 Å². The van der Waals surface area contributed by atoms with E-state index in [1.807, 2.05) is 6.20 Å². The van der Waals surface area contributed by atoms with Crippen molar-refractivity contribution in [3.63, 3.8) is 0 Å². The number of likely N-dealkylation sites (tertiary alicyclic amines) is 1. The largest absolute Gasteiger partial charge is 0.381 e. The molecule has 112 valence electrons. The zero-order valence-corrected chi connectivity index (χ0v) is 12.7. The maximum absolute atomic E-state index is 5.51. The predicted octanol–water partition coefficient (Wildman–Crippen LogP) is 2.05. The molecule has 1 aromatic rings. The summed E-state index contributed by atoms with van der Waals surface area (Å²) in [5.41, 5.74) is 0. The Balaban J connectivity index is 1.48. The molecule has 3 rings (SSSR count). The minimum atomic E-state index is -0.189. The Labute approximate surface area is 123 Å². The fourth-order valence-corrected chi connectivity index (χ4v) is 3.66. The summed E-state index contributed by atoms with van der Waals surface area (Å²) in [6.07, 6.45) is 2.93. The van der Waals surface area contributed by atoms with E-state index in [0.29, 0.717) is 19.1 Å². The molecule has 20 heavy (non-hydrogen) atoms. The monoisotopic (exact) mass is 298 g/mol. The van der Waals surface area contributed by atoms with Gasteiger partial charge in [0.05, 0.1) is 31.2 Å². The molecule has 2 fully saturated rings. The average Bonchev–Trinajstić information content (AvgIpc) is 3.18. The first-order valence-corrected chi connectivity index (χ1v) is 8.14. The molecule has 0 saturated carbocycles. The molecule has 0 spiro atoms. The lowest BCUT2D eigenvalue weighted by molar-refractivity contribution is -0.0414. The second-order valence-electron chi connectivity index (χ2n) is 5.28. The van der Waals surface area contributed by atoms with E-state index in [2.05, 4.69) is 16.8 Å². The molecule has 0 bridgehead atoms. The van der Waals surface area contributed by atoms with Crippen LogP contribution in [-0.2, 0) is 20.8 Å². The highest BCUT2D eigenvalue weighted by molar-refractivity contribution is 7.11. The summed E-state index contributed by atoms with van der Waals surface area (Å²) in [5.74, 6) is 0.677. The lowest BCUT2D eigenvalue weighted by Crippen LogP contribution is -2.21. The first-order chi connectivity index (χ1) is 9.85. The van der Waals surface area contributed by atoms with Gasteiger partial charge in [-0.25, -0.2) is 4.98 Å². The number of nitrogens with zero attached hydrogens (tertiary/aromatic N) is 2. The zero-order chi connectivity index (χ0) is 13.8. The van der Waals surface area contributed by atoms with Crippen LogP contribution < -0.4 is 0 Å². The van der Waals surface area contributed by atoms with Crippen molar-refractivity contribution in [3.05, 3.63) is 16.1 Å². The zero-order valence-electron chi connectivity index (χ0n) is 11.9. The number of ether oxygens (including phenoxy) is 3. The van der Waals surface area contributed by atoms with Gasteiger partial charge in [-0.2, -0.15) is 0 Å². The van der Waals surface area contributed by atoms with E-state index >= 15 is 0 Å². The molecule has 2 aliphatic heterocycles. The van der Waals surface area contributed by atoms with Crippen LogP contribution in [0.15, 0.2) is 6.20 Å². The number of hydrogen-bond acceptors (Lipinski definition) is 6. The highest BCUT2D eigenvalue weighted by Crippen LogP contribution is 2.29. The van der Waals surface area contributed by atoms with Gasteiger partial charge in [0.2, 0.25) is 0 Å². The SMILES string of the molecule is CCOC[C@@H]1CCN(Cc2ncc(C3OCCO3)s2)C1.